The van der Waals surface area contributed by atoms with Crippen LogP contribution < -0.4 is 0 Å². The smallest absolute Gasteiger partial charge is 0.329 e. The molecule has 0 radical (unpaired) electrons. The molecule has 1 aliphatic rings. The van der Waals surface area contributed by atoms with Crippen molar-refractivity contribution < 1.29 is 28.6 Å². The molecule has 1 unspecified atom stereocenters. The number of rotatable bonds is 6. The van der Waals surface area contributed by atoms with Crippen LogP contribution in [0.1, 0.15) is 26.2 Å². The zero-order valence-electron chi connectivity index (χ0n) is 11.4. The molecule has 1 saturated heterocycles. The minimum atomic E-state index is -2.73. The van der Waals surface area contributed by atoms with Gasteiger partial charge in [-0.15, -0.1) is 0 Å². The second-order valence-electron chi connectivity index (χ2n) is 4.79. The number of amides is 2. The van der Waals surface area contributed by atoms with E-state index >= 15 is 0 Å². The van der Waals surface area contributed by atoms with Crippen molar-refractivity contribution in [2.45, 2.75) is 38.2 Å². The largest absolute Gasteiger partial charge is 0.479 e. The van der Waals surface area contributed by atoms with E-state index in [0.29, 0.717) is 12.8 Å². The average molecular weight is 294 g/mol. The lowest BCUT2D eigenvalue weighted by Crippen LogP contribution is -2.57. The molecular formula is C12H20F2N2O4. The van der Waals surface area contributed by atoms with E-state index in [1.807, 2.05) is 0 Å². The van der Waals surface area contributed by atoms with Crippen LogP contribution in [0.5, 0.6) is 0 Å². The zero-order chi connectivity index (χ0) is 15.3. The Morgan fingerprint density at radius 1 is 1.45 bits per heavy atom. The number of aliphatic carboxylic acids is 1. The summed E-state index contributed by atoms with van der Waals surface area (Å²) in [7, 11) is 0. The molecule has 0 aliphatic carbocycles. The van der Waals surface area contributed by atoms with Gasteiger partial charge in [-0.3, -0.25) is 0 Å². The van der Waals surface area contributed by atoms with E-state index in [2.05, 4.69) is 0 Å². The zero-order valence-corrected chi connectivity index (χ0v) is 11.4. The maximum Gasteiger partial charge on any atom is 0.329 e. The Morgan fingerprint density at radius 2 is 2.10 bits per heavy atom. The fourth-order valence-corrected chi connectivity index (χ4v) is 2.62. The summed E-state index contributed by atoms with van der Waals surface area (Å²) in [5.41, 5.74) is -1.33. The number of hydrogen-bond donors (Lipinski definition) is 2. The van der Waals surface area contributed by atoms with Gasteiger partial charge in [0, 0.05) is 13.1 Å². The number of nitrogens with zero attached hydrogens (tertiary/aromatic N) is 2. The number of likely N-dealkylation sites (tertiary alicyclic amines) is 1. The van der Waals surface area contributed by atoms with E-state index in [9.17, 15) is 23.5 Å². The molecule has 2 N–H and O–H groups in total. The predicted molar refractivity (Wildman–Crippen MR) is 66.7 cm³/mol. The molecule has 0 saturated carbocycles. The van der Waals surface area contributed by atoms with Gasteiger partial charge in [0.05, 0.1) is 13.2 Å². The molecule has 1 heterocycles. The second kappa shape index (κ2) is 6.83. The lowest BCUT2D eigenvalue weighted by molar-refractivity contribution is -0.148. The molecule has 0 spiro atoms. The molecule has 0 aromatic carbocycles. The highest BCUT2D eigenvalue weighted by Crippen LogP contribution is 2.33. The number of carbonyl (C=O) groups excluding carboxylic acids is 1. The first kappa shape index (κ1) is 16.6. The molecule has 116 valence electrons. The number of hydrogen-bond acceptors (Lipinski definition) is 3. The third-order valence-electron chi connectivity index (χ3n) is 3.70. The molecule has 0 aromatic rings. The summed E-state index contributed by atoms with van der Waals surface area (Å²) in [4.78, 5) is 25.7. The molecule has 1 atom stereocenters. The first-order valence-electron chi connectivity index (χ1n) is 6.58. The molecule has 1 rings (SSSR count). The number of aliphatic hydroxyl groups is 1. The minimum Gasteiger partial charge on any atom is -0.479 e. The van der Waals surface area contributed by atoms with Gasteiger partial charge in [0.1, 0.15) is 5.54 Å². The van der Waals surface area contributed by atoms with Crippen molar-refractivity contribution in [1.29, 1.82) is 0 Å². The van der Waals surface area contributed by atoms with Crippen molar-refractivity contribution in [1.82, 2.24) is 9.80 Å². The molecule has 1 fully saturated rings. The Bertz CT molecular complexity index is 367. The number of carbonyl (C=O) groups is 2. The van der Waals surface area contributed by atoms with Gasteiger partial charge in [0.25, 0.3) is 6.43 Å². The summed E-state index contributed by atoms with van der Waals surface area (Å²) >= 11 is 0. The minimum absolute atomic E-state index is 0.218. The Hall–Kier alpha value is -1.44. The van der Waals surface area contributed by atoms with Crippen molar-refractivity contribution in [2.24, 2.45) is 0 Å². The van der Waals surface area contributed by atoms with Crippen LogP contribution in [0.25, 0.3) is 0 Å². The Kier molecular flexibility index (Phi) is 5.67. The maximum atomic E-state index is 12.5. The first-order valence-corrected chi connectivity index (χ1v) is 6.58. The van der Waals surface area contributed by atoms with Crippen molar-refractivity contribution in [3.63, 3.8) is 0 Å². The van der Waals surface area contributed by atoms with E-state index in [1.54, 1.807) is 6.92 Å². The lowest BCUT2D eigenvalue weighted by Gasteiger charge is -2.37. The number of carboxylic acid groups (broad SMARTS) is 1. The summed E-state index contributed by atoms with van der Waals surface area (Å²) in [5.74, 6) is -1.12. The summed E-state index contributed by atoms with van der Waals surface area (Å²) in [6, 6.07) is -0.749. The van der Waals surface area contributed by atoms with Crippen molar-refractivity contribution in [2.75, 3.05) is 26.2 Å². The highest BCUT2D eigenvalue weighted by atomic mass is 19.3. The third kappa shape index (κ3) is 3.17. The monoisotopic (exact) mass is 294 g/mol. The number of aliphatic hydroxyl groups excluding tert-OH is 1. The van der Waals surface area contributed by atoms with Crippen LogP contribution in [0.2, 0.25) is 0 Å². The summed E-state index contributed by atoms with van der Waals surface area (Å²) < 4.78 is 25.0. The van der Waals surface area contributed by atoms with Gasteiger partial charge >= 0.3 is 12.0 Å². The standard InChI is InChI=1S/C12H20F2N2O4/c1-2-12(10(18)19)4-3-5-16(12)11(20)15(6-7-17)8-9(13)14/h9,17H,2-8H2,1H3,(H,18,19). The van der Waals surface area contributed by atoms with Crippen LogP contribution in [-0.4, -0.2) is 70.2 Å². The predicted octanol–water partition coefficient (Wildman–Crippen LogP) is 0.995. The lowest BCUT2D eigenvalue weighted by atomic mass is 9.93. The molecule has 1 aliphatic heterocycles. The Balaban J connectivity index is 2.94. The van der Waals surface area contributed by atoms with Crippen LogP contribution in [0, 0.1) is 0 Å². The van der Waals surface area contributed by atoms with E-state index < -0.39 is 37.1 Å². The van der Waals surface area contributed by atoms with Gasteiger partial charge in [-0.1, -0.05) is 6.92 Å². The second-order valence-corrected chi connectivity index (χ2v) is 4.79. The van der Waals surface area contributed by atoms with Gasteiger partial charge in [-0.05, 0) is 19.3 Å². The van der Waals surface area contributed by atoms with Crippen LogP contribution >= 0.6 is 0 Å². The number of urea groups is 1. The maximum absolute atomic E-state index is 12.5. The molecule has 0 bridgehead atoms. The van der Waals surface area contributed by atoms with E-state index in [4.69, 9.17) is 5.11 Å². The summed E-state index contributed by atoms with van der Waals surface area (Å²) in [6.45, 7) is 0.389. The topological polar surface area (TPSA) is 81.1 Å². The third-order valence-corrected chi connectivity index (χ3v) is 3.70. The SMILES string of the molecule is CCC1(C(=O)O)CCCN1C(=O)N(CCO)CC(F)F. The van der Waals surface area contributed by atoms with E-state index in [-0.39, 0.29) is 19.5 Å². The van der Waals surface area contributed by atoms with Crippen LogP contribution in [0.15, 0.2) is 0 Å². The summed E-state index contributed by atoms with van der Waals surface area (Å²) in [5, 5.41) is 18.2. The molecule has 20 heavy (non-hydrogen) atoms. The normalized spacial score (nSPS) is 22.4. The highest BCUT2D eigenvalue weighted by Gasteiger charge is 2.49. The molecule has 0 aromatic heterocycles. The summed E-state index contributed by atoms with van der Waals surface area (Å²) in [6.07, 6.45) is -1.68. The Labute approximate surface area is 116 Å². The number of carboxylic acids is 1. The van der Waals surface area contributed by atoms with Gasteiger partial charge in [-0.2, -0.15) is 0 Å². The molecular weight excluding hydrogens is 274 g/mol. The highest BCUT2D eigenvalue weighted by molar-refractivity contribution is 5.87. The molecule has 8 heteroatoms. The first-order chi connectivity index (χ1) is 9.39. The van der Waals surface area contributed by atoms with Crippen LogP contribution in [0.3, 0.4) is 0 Å². The average Bonchev–Trinajstić information content (AvgIpc) is 2.81. The molecule has 6 nitrogen and oxygen atoms in total. The fourth-order valence-electron chi connectivity index (χ4n) is 2.62. The van der Waals surface area contributed by atoms with E-state index in [0.717, 1.165) is 9.80 Å². The quantitative estimate of drug-likeness (QED) is 0.765. The van der Waals surface area contributed by atoms with Crippen molar-refractivity contribution in [3.05, 3.63) is 0 Å². The van der Waals surface area contributed by atoms with E-state index in [1.165, 1.54) is 0 Å². The number of alkyl halides is 2. The van der Waals surface area contributed by atoms with Crippen LogP contribution in [-0.2, 0) is 4.79 Å². The Morgan fingerprint density at radius 3 is 2.55 bits per heavy atom. The number of halogens is 2. The van der Waals surface area contributed by atoms with Crippen LogP contribution in [0.4, 0.5) is 13.6 Å². The van der Waals surface area contributed by atoms with Gasteiger partial charge in [0.2, 0.25) is 0 Å². The molecule has 2 amide bonds. The van der Waals surface area contributed by atoms with Gasteiger partial charge < -0.3 is 20.0 Å². The van der Waals surface area contributed by atoms with Gasteiger partial charge in [0.15, 0.2) is 0 Å². The van der Waals surface area contributed by atoms with Gasteiger partial charge in [-0.25, -0.2) is 18.4 Å². The fraction of sp³-hybridized carbons (Fsp3) is 0.833. The van der Waals surface area contributed by atoms with Crippen molar-refractivity contribution >= 4 is 12.0 Å². The van der Waals surface area contributed by atoms with Crippen molar-refractivity contribution in [3.8, 4) is 0 Å².